The third-order valence-electron chi connectivity index (χ3n) is 1.71. The highest BCUT2D eigenvalue weighted by molar-refractivity contribution is 7.89. The molecule has 0 amide bonds. The molecule has 0 atom stereocenters. The Hall–Kier alpha value is -0.200. The van der Waals surface area contributed by atoms with Gasteiger partial charge in [-0.25, -0.2) is 13.6 Å². The van der Waals surface area contributed by atoms with Crippen LogP contribution in [0.3, 0.4) is 0 Å². The molecule has 0 aliphatic rings. The molecule has 8 heteroatoms. The Morgan fingerprint density at radius 3 is 2.25 bits per heavy atom. The van der Waals surface area contributed by atoms with Gasteiger partial charge in [-0.3, -0.25) is 0 Å². The Bertz CT molecular complexity index is 490. The summed E-state index contributed by atoms with van der Waals surface area (Å²) in [6.07, 6.45) is 0. The summed E-state index contributed by atoms with van der Waals surface area (Å²) in [4.78, 5) is 0. The van der Waals surface area contributed by atoms with Crippen molar-refractivity contribution < 1.29 is 8.42 Å². The highest BCUT2D eigenvalue weighted by atomic mass is 35.5. The summed E-state index contributed by atoms with van der Waals surface area (Å²) in [5.41, 5.74) is 0.514. The average Bonchev–Trinajstić information content (AvgIpc) is 2.11. The quantitative estimate of drug-likeness (QED) is 0.839. The average molecular weight is 304 g/mol. The molecule has 4 nitrogen and oxygen atoms in total. The predicted octanol–water partition coefficient (Wildman–Crippen LogP) is 2.35. The number of nitrogens with two attached hydrogens (primary N) is 1. The van der Waals surface area contributed by atoms with Gasteiger partial charge in [0.15, 0.2) is 0 Å². The van der Waals surface area contributed by atoms with E-state index >= 15 is 0 Å². The van der Waals surface area contributed by atoms with Gasteiger partial charge in [0.2, 0.25) is 10.0 Å². The number of rotatable bonds is 4. The summed E-state index contributed by atoms with van der Waals surface area (Å²) < 4.78 is 21.4. The second-order valence-corrected chi connectivity index (χ2v) is 6.00. The van der Waals surface area contributed by atoms with Crippen molar-refractivity contribution in [3.63, 3.8) is 0 Å². The van der Waals surface area contributed by atoms with Gasteiger partial charge in [-0.05, 0) is 12.1 Å². The number of benzene rings is 1. The van der Waals surface area contributed by atoms with Crippen molar-refractivity contribution >= 4 is 50.5 Å². The van der Waals surface area contributed by atoms with Crippen molar-refractivity contribution in [2.45, 2.75) is 0 Å². The van der Waals surface area contributed by atoms with Crippen molar-refractivity contribution in [3.05, 3.63) is 27.2 Å². The summed E-state index contributed by atoms with van der Waals surface area (Å²) in [7, 11) is -3.49. The molecule has 0 saturated heterocycles. The van der Waals surface area contributed by atoms with Gasteiger partial charge in [-0.15, -0.1) is 0 Å². The fraction of sp³-hybridized carbons (Fsp3) is 0.250. The third kappa shape index (κ3) is 4.35. The standard InChI is InChI=1S/C8H9Cl3N2O2S/c9-5-3-7(11)8(4-6(5)10)13-1-2-16(12,14)15/h3-4,13H,1-2H2,(H2,12,14,15). The monoisotopic (exact) mass is 302 g/mol. The first-order valence-electron chi connectivity index (χ1n) is 4.18. The highest BCUT2D eigenvalue weighted by Gasteiger charge is 2.07. The van der Waals surface area contributed by atoms with E-state index < -0.39 is 10.0 Å². The van der Waals surface area contributed by atoms with Gasteiger partial charge in [0.25, 0.3) is 0 Å². The maximum Gasteiger partial charge on any atom is 0.210 e. The molecule has 0 spiro atoms. The van der Waals surface area contributed by atoms with E-state index in [-0.39, 0.29) is 12.3 Å². The van der Waals surface area contributed by atoms with Crippen LogP contribution in [-0.2, 0) is 10.0 Å². The van der Waals surface area contributed by atoms with E-state index in [1.165, 1.54) is 12.1 Å². The zero-order valence-electron chi connectivity index (χ0n) is 8.00. The van der Waals surface area contributed by atoms with Crippen LogP contribution in [0.1, 0.15) is 0 Å². The largest absolute Gasteiger partial charge is 0.383 e. The molecule has 0 aliphatic carbocycles. The number of halogens is 3. The fourth-order valence-electron chi connectivity index (χ4n) is 0.986. The lowest BCUT2D eigenvalue weighted by Crippen LogP contribution is -2.22. The number of anilines is 1. The van der Waals surface area contributed by atoms with Gasteiger partial charge >= 0.3 is 0 Å². The van der Waals surface area contributed by atoms with Crippen LogP contribution in [0.25, 0.3) is 0 Å². The zero-order chi connectivity index (χ0) is 12.3. The molecule has 90 valence electrons. The van der Waals surface area contributed by atoms with Crippen molar-refractivity contribution in [2.24, 2.45) is 5.14 Å². The second-order valence-electron chi connectivity index (χ2n) is 3.04. The van der Waals surface area contributed by atoms with Gasteiger partial charge in [-0.2, -0.15) is 0 Å². The molecule has 1 aromatic rings. The third-order valence-corrected chi connectivity index (χ3v) is 3.52. The van der Waals surface area contributed by atoms with Gasteiger partial charge < -0.3 is 5.32 Å². The lowest BCUT2D eigenvalue weighted by atomic mass is 10.3. The second kappa shape index (κ2) is 5.42. The van der Waals surface area contributed by atoms with Crippen LogP contribution >= 0.6 is 34.8 Å². The van der Waals surface area contributed by atoms with Gasteiger partial charge in [0.1, 0.15) is 0 Å². The molecule has 0 bridgehead atoms. The molecule has 0 aromatic heterocycles. The zero-order valence-corrected chi connectivity index (χ0v) is 11.1. The molecule has 0 saturated carbocycles. The summed E-state index contributed by atoms with van der Waals surface area (Å²) >= 11 is 17.4. The molecule has 0 unspecified atom stereocenters. The molecular formula is C8H9Cl3N2O2S. The lowest BCUT2D eigenvalue weighted by Gasteiger charge is -2.08. The minimum atomic E-state index is -3.49. The normalized spacial score (nSPS) is 11.5. The van der Waals surface area contributed by atoms with Gasteiger partial charge in [0.05, 0.1) is 26.5 Å². The first-order chi connectivity index (χ1) is 7.29. The molecule has 0 fully saturated rings. The number of nitrogens with one attached hydrogen (secondary N) is 1. The number of primary sulfonamides is 1. The van der Waals surface area contributed by atoms with Crippen molar-refractivity contribution in [2.75, 3.05) is 17.6 Å². The van der Waals surface area contributed by atoms with Crippen molar-refractivity contribution in [1.29, 1.82) is 0 Å². The van der Waals surface area contributed by atoms with E-state index in [0.29, 0.717) is 20.8 Å². The van der Waals surface area contributed by atoms with Gasteiger partial charge in [0, 0.05) is 6.54 Å². The molecular weight excluding hydrogens is 295 g/mol. The van der Waals surface area contributed by atoms with Crippen LogP contribution in [0.4, 0.5) is 5.69 Å². The number of hydrogen-bond donors (Lipinski definition) is 2. The van der Waals surface area contributed by atoms with Crippen LogP contribution in [0, 0.1) is 0 Å². The van der Waals surface area contributed by atoms with E-state index in [1.807, 2.05) is 0 Å². The summed E-state index contributed by atoms with van der Waals surface area (Å²) in [6, 6.07) is 3.00. The molecule has 0 aliphatic heterocycles. The van der Waals surface area contributed by atoms with Crippen LogP contribution in [0.2, 0.25) is 15.1 Å². The minimum absolute atomic E-state index is 0.149. The van der Waals surface area contributed by atoms with Crippen molar-refractivity contribution in [3.8, 4) is 0 Å². The Morgan fingerprint density at radius 1 is 1.12 bits per heavy atom. The molecule has 0 radical (unpaired) electrons. The smallest absolute Gasteiger partial charge is 0.210 e. The van der Waals surface area contributed by atoms with Crippen LogP contribution in [0.15, 0.2) is 12.1 Å². The van der Waals surface area contributed by atoms with E-state index in [1.54, 1.807) is 0 Å². The maximum atomic E-state index is 10.7. The van der Waals surface area contributed by atoms with E-state index in [4.69, 9.17) is 39.9 Å². The summed E-state index contributed by atoms with van der Waals surface area (Å²) in [5.74, 6) is -0.191. The Balaban J connectivity index is 2.71. The van der Waals surface area contributed by atoms with Gasteiger partial charge in [-0.1, -0.05) is 34.8 Å². The Labute approximate surface area is 109 Å². The molecule has 1 aromatic carbocycles. The molecule has 1 rings (SSSR count). The lowest BCUT2D eigenvalue weighted by molar-refractivity contribution is 0.598. The highest BCUT2D eigenvalue weighted by Crippen LogP contribution is 2.31. The Morgan fingerprint density at radius 2 is 1.69 bits per heavy atom. The Kier molecular flexibility index (Phi) is 4.70. The first kappa shape index (κ1) is 13.9. The molecule has 0 heterocycles. The predicted molar refractivity (Wildman–Crippen MR) is 67.9 cm³/mol. The maximum absolute atomic E-state index is 10.7. The topological polar surface area (TPSA) is 72.2 Å². The first-order valence-corrected chi connectivity index (χ1v) is 7.03. The van der Waals surface area contributed by atoms with E-state index in [0.717, 1.165) is 0 Å². The molecule has 16 heavy (non-hydrogen) atoms. The SMILES string of the molecule is NS(=O)(=O)CCNc1cc(Cl)c(Cl)cc1Cl. The number of hydrogen-bond acceptors (Lipinski definition) is 3. The molecule has 3 N–H and O–H groups in total. The van der Waals surface area contributed by atoms with Crippen LogP contribution < -0.4 is 10.5 Å². The fourth-order valence-corrected chi connectivity index (χ4v) is 1.99. The van der Waals surface area contributed by atoms with Crippen LogP contribution in [0.5, 0.6) is 0 Å². The summed E-state index contributed by atoms with van der Waals surface area (Å²) in [6.45, 7) is 0.149. The van der Waals surface area contributed by atoms with E-state index in [2.05, 4.69) is 5.32 Å². The minimum Gasteiger partial charge on any atom is -0.383 e. The van der Waals surface area contributed by atoms with E-state index in [9.17, 15) is 8.42 Å². The summed E-state index contributed by atoms with van der Waals surface area (Å²) in [5, 5.41) is 8.69. The number of sulfonamides is 1. The van der Waals surface area contributed by atoms with Crippen LogP contribution in [-0.4, -0.2) is 20.7 Å². The van der Waals surface area contributed by atoms with Crippen molar-refractivity contribution in [1.82, 2.24) is 0 Å².